The molecular weight excluding hydrogens is 326 g/mol. The van der Waals surface area contributed by atoms with E-state index >= 15 is 0 Å². The predicted octanol–water partition coefficient (Wildman–Crippen LogP) is 2.04. The summed E-state index contributed by atoms with van der Waals surface area (Å²) in [6, 6.07) is 1.86. The molecule has 2 aromatic heterocycles. The van der Waals surface area contributed by atoms with Crippen LogP contribution in [0.5, 0.6) is 0 Å². The average Bonchev–Trinajstić information content (AvgIpc) is 2.92. The Morgan fingerprint density at radius 1 is 1.45 bits per heavy atom. The number of fused-ring (bicyclic) bond motifs is 1. The second-order valence-electron chi connectivity index (χ2n) is 5.45. The van der Waals surface area contributed by atoms with Crippen molar-refractivity contribution in [1.82, 2.24) is 9.97 Å². The standard InChI is InChI=1S/C14H18ClN3O3S/c1-14(19,8-20-2)10-7-9-11(22-10)12(17-13(15)16-9)18-3-5-21-6-4-18/h7,19H,3-6,8H2,1-2H3. The van der Waals surface area contributed by atoms with Crippen molar-refractivity contribution >= 4 is 39.0 Å². The second kappa shape index (κ2) is 6.25. The summed E-state index contributed by atoms with van der Waals surface area (Å²) in [6.07, 6.45) is 0. The lowest BCUT2D eigenvalue weighted by Gasteiger charge is -2.28. The summed E-state index contributed by atoms with van der Waals surface area (Å²) in [7, 11) is 1.57. The first kappa shape index (κ1) is 15.9. The van der Waals surface area contributed by atoms with Gasteiger partial charge in [0.15, 0.2) is 5.82 Å². The molecule has 0 saturated carbocycles. The van der Waals surface area contributed by atoms with Gasteiger partial charge >= 0.3 is 0 Å². The molecule has 1 aliphatic rings. The molecule has 0 aliphatic carbocycles. The maximum absolute atomic E-state index is 10.5. The van der Waals surface area contributed by atoms with Gasteiger partial charge in [-0.15, -0.1) is 11.3 Å². The van der Waals surface area contributed by atoms with Crippen molar-refractivity contribution in [3.05, 3.63) is 16.2 Å². The van der Waals surface area contributed by atoms with Gasteiger partial charge in [-0.25, -0.2) is 4.98 Å². The van der Waals surface area contributed by atoms with E-state index in [0.717, 1.165) is 34.0 Å². The van der Waals surface area contributed by atoms with Crippen LogP contribution in [0.1, 0.15) is 11.8 Å². The summed E-state index contributed by atoms with van der Waals surface area (Å²) >= 11 is 7.54. The van der Waals surface area contributed by atoms with E-state index in [9.17, 15) is 5.11 Å². The van der Waals surface area contributed by atoms with Crippen molar-refractivity contribution in [2.45, 2.75) is 12.5 Å². The highest BCUT2D eigenvalue weighted by Crippen LogP contribution is 2.37. The number of halogens is 1. The molecule has 1 fully saturated rings. The topological polar surface area (TPSA) is 67.7 Å². The summed E-state index contributed by atoms with van der Waals surface area (Å²) in [5.74, 6) is 0.808. The minimum Gasteiger partial charge on any atom is -0.382 e. The maximum atomic E-state index is 10.5. The summed E-state index contributed by atoms with van der Waals surface area (Å²) < 4.78 is 11.4. The molecule has 0 amide bonds. The van der Waals surface area contributed by atoms with Gasteiger partial charge in [0.1, 0.15) is 5.60 Å². The Labute approximate surface area is 137 Å². The van der Waals surface area contributed by atoms with Crippen molar-refractivity contribution < 1.29 is 14.6 Å². The number of rotatable bonds is 4. The van der Waals surface area contributed by atoms with E-state index in [1.165, 1.54) is 11.3 Å². The molecule has 1 saturated heterocycles. The van der Waals surface area contributed by atoms with Gasteiger partial charge in [0, 0.05) is 25.1 Å². The van der Waals surface area contributed by atoms with E-state index < -0.39 is 5.60 Å². The Hall–Kier alpha value is -0.990. The number of ether oxygens (including phenoxy) is 2. The fourth-order valence-corrected chi connectivity index (χ4v) is 3.81. The fourth-order valence-electron chi connectivity index (χ4n) is 2.49. The Kier molecular flexibility index (Phi) is 4.52. The Morgan fingerprint density at radius 2 is 2.18 bits per heavy atom. The monoisotopic (exact) mass is 343 g/mol. The molecule has 3 rings (SSSR count). The molecule has 0 radical (unpaired) electrons. The van der Waals surface area contributed by atoms with Crippen molar-refractivity contribution in [3.8, 4) is 0 Å². The van der Waals surface area contributed by atoms with Gasteiger partial charge in [-0.3, -0.25) is 0 Å². The van der Waals surface area contributed by atoms with Gasteiger partial charge in [-0.1, -0.05) is 0 Å². The Balaban J connectivity index is 2.06. The molecule has 2 aromatic rings. The molecule has 120 valence electrons. The Bertz CT molecular complexity index is 671. The number of thiophene rings is 1. The maximum Gasteiger partial charge on any atom is 0.224 e. The molecule has 22 heavy (non-hydrogen) atoms. The number of aromatic nitrogens is 2. The Morgan fingerprint density at radius 3 is 2.86 bits per heavy atom. The largest absolute Gasteiger partial charge is 0.382 e. The van der Waals surface area contributed by atoms with Crippen LogP contribution in [0.2, 0.25) is 5.28 Å². The van der Waals surface area contributed by atoms with E-state index in [2.05, 4.69) is 14.9 Å². The molecular formula is C14H18ClN3O3S. The van der Waals surface area contributed by atoms with Crippen molar-refractivity contribution in [2.24, 2.45) is 0 Å². The van der Waals surface area contributed by atoms with Crippen molar-refractivity contribution in [3.63, 3.8) is 0 Å². The van der Waals surface area contributed by atoms with Crippen LogP contribution in [0.4, 0.5) is 5.82 Å². The highest BCUT2D eigenvalue weighted by Gasteiger charge is 2.28. The van der Waals surface area contributed by atoms with Crippen LogP contribution in [-0.2, 0) is 15.1 Å². The van der Waals surface area contributed by atoms with Crippen LogP contribution in [0.25, 0.3) is 10.2 Å². The van der Waals surface area contributed by atoms with Crippen molar-refractivity contribution in [2.75, 3.05) is 44.9 Å². The minimum absolute atomic E-state index is 0.213. The quantitative estimate of drug-likeness (QED) is 0.857. The van der Waals surface area contributed by atoms with E-state index in [1.54, 1.807) is 14.0 Å². The normalized spacial score (nSPS) is 18.6. The highest BCUT2D eigenvalue weighted by molar-refractivity contribution is 7.19. The number of nitrogens with zero attached hydrogens (tertiary/aromatic N) is 3. The molecule has 0 bridgehead atoms. The fraction of sp³-hybridized carbons (Fsp3) is 0.571. The van der Waals surface area contributed by atoms with Crippen LogP contribution in [0, 0.1) is 0 Å². The van der Waals surface area contributed by atoms with Gasteiger partial charge in [0.2, 0.25) is 5.28 Å². The van der Waals surface area contributed by atoms with E-state index in [1.807, 2.05) is 6.07 Å². The minimum atomic E-state index is -1.06. The molecule has 8 heteroatoms. The smallest absolute Gasteiger partial charge is 0.224 e. The first-order valence-electron chi connectivity index (χ1n) is 7.03. The van der Waals surface area contributed by atoms with E-state index in [4.69, 9.17) is 21.1 Å². The number of morpholine rings is 1. The lowest BCUT2D eigenvalue weighted by Crippen LogP contribution is -2.36. The molecule has 1 N–H and O–H groups in total. The summed E-state index contributed by atoms with van der Waals surface area (Å²) in [6.45, 7) is 4.82. The number of hydrogen-bond acceptors (Lipinski definition) is 7. The summed E-state index contributed by atoms with van der Waals surface area (Å²) in [5.41, 5.74) is -0.313. The number of methoxy groups -OCH3 is 1. The number of anilines is 1. The molecule has 1 atom stereocenters. The molecule has 1 aliphatic heterocycles. The number of aliphatic hydroxyl groups is 1. The van der Waals surface area contributed by atoms with Crippen LogP contribution in [0.15, 0.2) is 6.07 Å². The van der Waals surface area contributed by atoms with Gasteiger partial charge in [-0.2, -0.15) is 4.98 Å². The van der Waals surface area contributed by atoms with Crippen LogP contribution >= 0.6 is 22.9 Å². The molecule has 0 aromatic carbocycles. The zero-order valence-corrected chi connectivity index (χ0v) is 14.1. The first-order chi connectivity index (χ1) is 10.5. The van der Waals surface area contributed by atoms with Gasteiger partial charge in [-0.05, 0) is 24.6 Å². The molecule has 3 heterocycles. The average molecular weight is 344 g/mol. The predicted molar refractivity (Wildman–Crippen MR) is 86.9 cm³/mol. The third kappa shape index (κ3) is 3.04. The highest BCUT2D eigenvalue weighted by atomic mass is 35.5. The number of hydrogen-bond donors (Lipinski definition) is 1. The SMILES string of the molecule is COCC(C)(O)c1cc2nc(Cl)nc(N3CCOCC3)c2s1. The third-order valence-corrected chi connectivity index (χ3v) is 5.14. The van der Waals surface area contributed by atoms with Crippen molar-refractivity contribution in [1.29, 1.82) is 0 Å². The lowest BCUT2D eigenvalue weighted by molar-refractivity contribution is -0.0180. The van der Waals surface area contributed by atoms with Gasteiger partial charge < -0.3 is 19.5 Å². The lowest BCUT2D eigenvalue weighted by atomic mass is 10.1. The van der Waals surface area contributed by atoms with Crippen LogP contribution in [-0.4, -0.2) is 55.1 Å². The molecule has 6 nitrogen and oxygen atoms in total. The second-order valence-corrected chi connectivity index (χ2v) is 6.84. The first-order valence-corrected chi connectivity index (χ1v) is 8.22. The summed E-state index contributed by atoms with van der Waals surface area (Å²) in [5, 5.41) is 10.7. The van der Waals surface area contributed by atoms with Crippen LogP contribution < -0.4 is 4.90 Å². The molecule has 0 spiro atoms. The molecule has 1 unspecified atom stereocenters. The summed E-state index contributed by atoms with van der Waals surface area (Å²) in [4.78, 5) is 11.6. The zero-order chi connectivity index (χ0) is 15.7. The van der Waals surface area contributed by atoms with E-state index in [-0.39, 0.29) is 11.9 Å². The third-order valence-electron chi connectivity index (χ3n) is 3.59. The van der Waals surface area contributed by atoms with Crippen LogP contribution in [0.3, 0.4) is 0 Å². The van der Waals surface area contributed by atoms with E-state index in [0.29, 0.717) is 13.2 Å². The van der Waals surface area contributed by atoms with Gasteiger partial charge in [0.25, 0.3) is 0 Å². The van der Waals surface area contributed by atoms with Gasteiger partial charge in [0.05, 0.1) is 30.0 Å². The zero-order valence-electron chi connectivity index (χ0n) is 12.5.